The maximum Gasteiger partial charge on any atom is 0.193 e. The molecular formula is C19H27BrIN5O. The molecule has 1 aromatic carbocycles. The molecule has 0 radical (unpaired) electrons. The molecule has 0 saturated carbocycles. The molecular weight excluding hydrogens is 521 g/mol. The van der Waals surface area contributed by atoms with Crippen molar-refractivity contribution < 1.29 is 4.74 Å². The maximum atomic E-state index is 5.79. The van der Waals surface area contributed by atoms with E-state index in [4.69, 9.17) is 4.74 Å². The van der Waals surface area contributed by atoms with Gasteiger partial charge in [-0.2, -0.15) is 0 Å². The smallest absolute Gasteiger partial charge is 0.193 e. The van der Waals surface area contributed by atoms with Crippen molar-refractivity contribution in [3.8, 4) is 5.75 Å². The lowest BCUT2D eigenvalue weighted by molar-refractivity contribution is 0.188. The number of aliphatic imine (C=N–C) groups is 1. The van der Waals surface area contributed by atoms with Crippen molar-refractivity contribution >= 4 is 45.9 Å². The highest BCUT2D eigenvalue weighted by Crippen LogP contribution is 2.27. The molecule has 0 spiro atoms. The first-order valence-electron chi connectivity index (χ1n) is 8.99. The third kappa shape index (κ3) is 6.10. The summed E-state index contributed by atoms with van der Waals surface area (Å²) in [5, 5.41) is 3.42. The summed E-state index contributed by atoms with van der Waals surface area (Å²) < 4.78 is 9.02. The molecule has 148 valence electrons. The number of ether oxygens (including phenoxy) is 1. The summed E-state index contributed by atoms with van der Waals surface area (Å²) in [6, 6.07) is 8.30. The minimum Gasteiger partial charge on any atom is -0.492 e. The van der Waals surface area contributed by atoms with Crippen LogP contribution in [-0.4, -0.2) is 53.7 Å². The van der Waals surface area contributed by atoms with Crippen LogP contribution in [0.3, 0.4) is 0 Å². The van der Waals surface area contributed by atoms with E-state index in [1.165, 1.54) is 0 Å². The van der Waals surface area contributed by atoms with Crippen LogP contribution in [0.2, 0.25) is 0 Å². The van der Waals surface area contributed by atoms with Gasteiger partial charge in [0.15, 0.2) is 5.96 Å². The van der Waals surface area contributed by atoms with Gasteiger partial charge in [-0.15, -0.1) is 24.0 Å². The lowest BCUT2D eigenvalue weighted by Crippen LogP contribution is -2.49. The standard InChI is InChI=1S/C19H26BrN5O.HI/c1-15-6-9-24(13-18(15)25-10-7-22-14-25)19(21-2)23-8-11-26-17-5-3-4-16(20)12-17;/h3-5,7,10,12,14-15,18H,6,8-9,11,13H2,1-2H3,(H,21,23);1H. The van der Waals surface area contributed by atoms with Crippen LogP contribution in [0.5, 0.6) is 5.75 Å². The fourth-order valence-corrected chi connectivity index (χ4v) is 3.69. The normalized spacial score (nSPS) is 20.1. The number of halogens is 2. The molecule has 1 aliphatic rings. The van der Waals surface area contributed by atoms with Gasteiger partial charge in [-0.25, -0.2) is 4.98 Å². The first kappa shape index (κ1) is 22.0. The van der Waals surface area contributed by atoms with E-state index in [-0.39, 0.29) is 24.0 Å². The molecule has 0 aliphatic carbocycles. The summed E-state index contributed by atoms with van der Waals surface area (Å²) in [6.07, 6.45) is 6.94. The topological polar surface area (TPSA) is 54.7 Å². The predicted molar refractivity (Wildman–Crippen MR) is 123 cm³/mol. The lowest BCUT2D eigenvalue weighted by Gasteiger charge is -2.39. The van der Waals surface area contributed by atoms with Crippen LogP contribution in [0.4, 0.5) is 0 Å². The fraction of sp³-hybridized carbons (Fsp3) is 0.474. The first-order valence-corrected chi connectivity index (χ1v) is 9.78. The van der Waals surface area contributed by atoms with Crippen LogP contribution in [0.1, 0.15) is 19.4 Å². The van der Waals surface area contributed by atoms with Gasteiger partial charge in [0.1, 0.15) is 12.4 Å². The largest absolute Gasteiger partial charge is 0.492 e. The second-order valence-corrected chi connectivity index (χ2v) is 7.48. The average molecular weight is 548 g/mol. The van der Waals surface area contributed by atoms with Crippen LogP contribution < -0.4 is 10.1 Å². The van der Waals surface area contributed by atoms with Gasteiger partial charge in [-0.3, -0.25) is 4.99 Å². The van der Waals surface area contributed by atoms with Gasteiger partial charge < -0.3 is 19.5 Å². The van der Waals surface area contributed by atoms with Crippen molar-refractivity contribution in [3.63, 3.8) is 0 Å². The Kier molecular flexibility index (Phi) is 8.88. The number of imidazole rings is 1. The molecule has 1 aromatic heterocycles. The van der Waals surface area contributed by atoms with E-state index in [1.807, 2.05) is 50.0 Å². The van der Waals surface area contributed by atoms with Gasteiger partial charge in [0.2, 0.25) is 0 Å². The molecule has 2 heterocycles. The monoisotopic (exact) mass is 547 g/mol. The van der Waals surface area contributed by atoms with Gasteiger partial charge in [0.05, 0.1) is 18.9 Å². The van der Waals surface area contributed by atoms with Gasteiger partial charge in [-0.1, -0.05) is 28.9 Å². The Morgan fingerprint density at radius 2 is 2.30 bits per heavy atom. The van der Waals surface area contributed by atoms with Crippen LogP contribution in [0.15, 0.2) is 52.5 Å². The molecule has 3 rings (SSSR count). The van der Waals surface area contributed by atoms with Crippen molar-refractivity contribution in [2.45, 2.75) is 19.4 Å². The molecule has 2 unspecified atom stereocenters. The molecule has 27 heavy (non-hydrogen) atoms. The van der Waals surface area contributed by atoms with E-state index in [2.05, 4.69) is 47.6 Å². The van der Waals surface area contributed by atoms with E-state index >= 15 is 0 Å². The van der Waals surface area contributed by atoms with Crippen LogP contribution in [-0.2, 0) is 0 Å². The highest BCUT2D eigenvalue weighted by atomic mass is 127. The summed E-state index contributed by atoms with van der Waals surface area (Å²) in [5.74, 6) is 2.42. The molecule has 0 amide bonds. The molecule has 6 nitrogen and oxygen atoms in total. The zero-order chi connectivity index (χ0) is 18.4. The quantitative estimate of drug-likeness (QED) is 0.268. The minimum absolute atomic E-state index is 0. The van der Waals surface area contributed by atoms with E-state index in [0.717, 1.165) is 35.7 Å². The summed E-state index contributed by atoms with van der Waals surface area (Å²) in [6.45, 7) is 5.55. The predicted octanol–water partition coefficient (Wildman–Crippen LogP) is 3.80. The van der Waals surface area contributed by atoms with Gasteiger partial charge in [0.25, 0.3) is 0 Å². The second-order valence-electron chi connectivity index (χ2n) is 6.57. The highest BCUT2D eigenvalue weighted by Gasteiger charge is 2.28. The van der Waals surface area contributed by atoms with Crippen LogP contribution in [0.25, 0.3) is 0 Å². The number of nitrogens with one attached hydrogen (secondary N) is 1. The Balaban J connectivity index is 0.00000261. The summed E-state index contributed by atoms with van der Waals surface area (Å²) in [4.78, 5) is 11.0. The van der Waals surface area contributed by atoms with Crippen molar-refractivity contribution in [2.24, 2.45) is 10.9 Å². The van der Waals surface area contributed by atoms with Crippen LogP contribution >= 0.6 is 39.9 Å². The molecule has 2 aromatic rings. The number of piperidine rings is 1. The molecule has 2 atom stereocenters. The summed E-state index contributed by atoms with van der Waals surface area (Å²) >= 11 is 3.46. The zero-order valence-electron chi connectivity index (χ0n) is 15.7. The Labute approximate surface area is 186 Å². The van der Waals surface area contributed by atoms with Crippen molar-refractivity contribution in [3.05, 3.63) is 47.5 Å². The number of aromatic nitrogens is 2. The number of nitrogens with zero attached hydrogens (tertiary/aromatic N) is 4. The van der Waals surface area contributed by atoms with Crippen molar-refractivity contribution in [1.29, 1.82) is 0 Å². The summed E-state index contributed by atoms with van der Waals surface area (Å²) in [7, 11) is 1.84. The average Bonchev–Trinajstić information content (AvgIpc) is 3.17. The first-order chi connectivity index (χ1) is 12.7. The number of hydrogen-bond donors (Lipinski definition) is 1. The molecule has 1 N–H and O–H groups in total. The molecule has 1 aliphatic heterocycles. The lowest BCUT2D eigenvalue weighted by atomic mass is 9.93. The fourth-order valence-electron chi connectivity index (χ4n) is 3.32. The Morgan fingerprint density at radius 3 is 3.00 bits per heavy atom. The third-order valence-corrected chi connectivity index (χ3v) is 5.28. The zero-order valence-corrected chi connectivity index (χ0v) is 19.6. The molecule has 8 heteroatoms. The van der Waals surface area contributed by atoms with Crippen molar-refractivity contribution in [2.75, 3.05) is 33.3 Å². The Morgan fingerprint density at radius 1 is 1.44 bits per heavy atom. The number of guanidine groups is 1. The number of rotatable bonds is 5. The van der Waals surface area contributed by atoms with Gasteiger partial charge in [0, 0.05) is 37.0 Å². The Bertz CT molecular complexity index is 725. The van der Waals surface area contributed by atoms with Crippen LogP contribution in [0, 0.1) is 5.92 Å². The van der Waals surface area contributed by atoms with Gasteiger partial charge in [-0.05, 0) is 30.5 Å². The van der Waals surface area contributed by atoms with Crippen molar-refractivity contribution in [1.82, 2.24) is 19.8 Å². The molecule has 1 saturated heterocycles. The van der Waals surface area contributed by atoms with E-state index in [1.54, 1.807) is 0 Å². The van der Waals surface area contributed by atoms with Gasteiger partial charge >= 0.3 is 0 Å². The number of likely N-dealkylation sites (tertiary alicyclic amines) is 1. The van der Waals surface area contributed by atoms with E-state index in [0.29, 0.717) is 25.1 Å². The molecule has 0 bridgehead atoms. The van der Waals surface area contributed by atoms with E-state index < -0.39 is 0 Å². The minimum atomic E-state index is 0. The SMILES string of the molecule is CN=C(NCCOc1cccc(Br)c1)N1CCC(C)C(n2ccnc2)C1.I. The number of benzene rings is 1. The maximum absolute atomic E-state index is 5.79. The summed E-state index contributed by atoms with van der Waals surface area (Å²) in [5.41, 5.74) is 0. The Hall–Kier alpha value is -1.29. The van der Waals surface area contributed by atoms with E-state index in [9.17, 15) is 0 Å². The molecule has 1 fully saturated rings. The number of hydrogen-bond acceptors (Lipinski definition) is 3. The third-order valence-electron chi connectivity index (χ3n) is 4.79. The second kappa shape index (κ2) is 10.9. The highest BCUT2D eigenvalue weighted by molar-refractivity contribution is 14.0.